The molecule has 24 heavy (non-hydrogen) atoms. The molecular weight excluding hydrogens is 296 g/mol. The molecule has 3 heteroatoms. The van der Waals surface area contributed by atoms with E-state index in [1.54, 1.807) is 0 Å². The van der Waals surface area contributed by atoms with Crippen molar-refractivity contribution in [1.82, 2.24) is 0 Å². The third kappa shape index (κ3) is 4.02. The molecule has 0 saturated carbocycles. The van der Waals surface area contributed by atoms with Gasteiger partial charge in [0, 0.05) is 18.6 Å². The number of benzene rings is 2. The van der Waals surface area contributed by atoms with Crippen molar-refractivity contribution in [3.63, 3.8) is 0 Å². The maximum absolute atomic E-state index is 5.91. The summed E-state index contributed by atoms with van der Waals surface area (Å²) in [5.41, 5.74) is 3.86. The number of para-hydroxylation sites is 3. The zero-order chi connectivity index (χ0) is 17.0. The van der Waals surface area contributed by atoms with Crippen molar-refractivity contribution >= 4 is 11.4 Å². The highest BCUT2D eigenvalue weighted by atomic mass is 16.5. The van der Waals surface area contributed by atoms with Crippen molar-refractivity contribution in [1.29, 1.82) is 0 Å². The molecule has 0 amide bonds. The smallest absolute Gasteiger partial charge is 0.122 e. The Morgan fingerprint density at radius 1 is 1.04 bits per heavy atom. The molecule has 3 rings (SSSR count). The van der Waals surface area contributed by atoms with E-state index in [0.29, 0.717) is 0 Å². The van der Waals surface area contributed by atoms with Gasteiger partial charge in [-0.2, -0.15) is 0 Å². The molecule has 0 radical (unpaired) electrons. The van der Waals surface area contributed by atoms with Crippen LogP contribution in [0, 0.1) is 6.92 Å². The molecule has 0 unspecified atom stereocenters. The summed E-state index contributed by atoms with van der Waals surface area (Å²) in [6, 6.07) is 16.8. The van der Waals surface area contributed by atoms with Crippen molar-refractivity contribution in [3.8, 4) is 5.75 Å². The van der Waals surface area contributed by atoms with E-state index in [9.17, 15) is 0 Å². The Kier molecular flexibility index (Phi) is 4.98. The molecule has 0 atom stereocenters. The van der Waals surface area contributed by atoms with Crippen molar-refractivity contribution in [3.05, 3.63) is 54.1 Å². The van der Waals surface area contributed by atoms with Gasteiger partial charge in [-0.15, -0.1) is 0 Å². The van der Waals surface area contributed by atoms with Crippen molar-refractivity contribution in [2.24, 2.45) is 0 Å². The molecule has 1 aliphatic heterocycles. The highest BCUT2D eigenvalue weighted by molar-refractivity contribution is 5.73. The highest BCUT2D eigenvalue weighted by Gasteiger charge is 2.28. The fourth-order valence-corrected chi connectivity index (χ4v) is 3.33. The number of ether oxygens (including phenoxy) is 1. The molecule has 0 saturated heterocycles. The third-order valence-electron chi connectivity index (χ3n) is 4.48. The van der Waals surface area contributed by atoms with Crippen LogP contribution < -0.4 is 15.0 Å². The first-order valence-electron chi connectivity index (χ1n) is 8.86. The Morgan fingerprint density at radius 3 is 2.62 bits per heavy atom. The average molecular weight is 324 g/mol. The first kappa shape index (κ1) is 16.7. The first-order chi connectivity index (χ1) is 11.6. The number of fused-ring (bicyclic) bond motifs is 1. The average Bonchev–Trinajstić information content (AvgIpc) is 2.55. The Labute approximate surface area is 145 Å². The van der Waals surface area contributed by atoms with E-state index < -0.39 is 0 Å². The molecule has 1 aliphatic rings. The molecular formula is C21H28N2O. The van der Waals surface area contributed by atoms with Gasteiger partial charge in [0.2, 0.25) is 0 Å². The number of unbranched alkanes of at least 4 members (excludes halogenated alkanes) is 1. The fraction of sp³-hybridized carbons (Fsp3) is 0.429. The van der Waals surface area contributed by atoms with Gasteiger partial charge in [0.05, 0.1) is 18.0 Å². The van der Waals surface area contributed by atoms with E-state index in [4.69, 9.17) is 4.74 Å². The van der Waals surface area contributed by atoms with Crippen molar-refractivity contribution in [2.45, 2.75) is 39.2 Å². The van der Waals surface area contributed by atoms with Crippen LogP contribution in [0.3, 0.4) is 0 Å². The van der Waals surface area contributed by atoms with Crippen LogP contribution in [0.4, 0.5) is 11.4 Å². The summed E-state index contributed by atoms with van der Waals surface area (Å²) in [5, 5.41) is 3.63. The summed E-state index contributed by atoms with van der Waals surface area (Å²) in [6.45, 7) is 9.49. The summed E-state index contributed by atoms with van der Waals surface area (Å²) < 4.78 is 5.91. The highest BCUT2D eigenvalue weighted by Crippen LogP contribution is 2.34. The molecule has 0 bridgehead atoms. The minimum atomic E-state index is 0.103. The van der Waals surface area contributed by atoms with Gasteiger partial charge in [-0.1, -0.05) is 30.3 Å². The van der Waals surface area contributed by atoms with Crippen LogP contribution in [0.25, 0.3) is 0 Å². The summed E-state index contributed by atoms with van der Waals surface area (Å²) >= 11 is 0. The molecule has 0 fully saturated rings. The number of hydrogen-bond donors (Lipinski definition) is 1. The summed E-state index contributed by atoms with van der Waals surface area (Å²) in [7, 11) is 0. The normalized spacial score (nSPS) is 15.5. The Hall–Kier alpha value is -2.16. The van der Waals surface area contributed by atoms with Crippen molar-refractivity contribution < 1.29 is 4.74 Å². The predicted molar refractivity (Wildman–Crippen MR) is 102 cm³/mol. The second-order valence-electron chi connectivity index (χ2n) is 7.27. The molecule has 3 nitrogen and oxygen atoms in total. The van der Waals surface area contributed by atoms with Crippen LogP contribution in [-0.2, 0) is 0 Å². The minimum Gasteiger partial charge on any atom is -0.493 e. The summed E-state index contributed by atoms with van der Waals surface area (Å²) in [6.07, 6.45) is 2.21. The van der Waals surface area contributed by atoms with Crippen LogP contribution in [0.1, 0.15) is 32.3 Å². The largest absolute Gasteiger partial charge is 0.493 e. The van der Waals surface area contributed by atoms with Crippen LogP contribution in [0.15, 0.2) is 48.5 Å². The van der Waals surface area contributed by atoms with Crippen LogP contribution in [-0.4, -0.2) is 25.2 Å². The molecule has 0 spiro atoms. The number of nitrogens with one attached hydrogen (secondary N) is 1. The van der Waals surface area contributed by atoms with E-state index in [1.807, 2.05) is 18.2 Å². The fourth-order valence-electron chi connectivity index (χ4n) is 3.33. The monoisotopic (exact) mass is 324 g/mol. The molecule has 0 aromatic heterocycles. The van der Waals surface area contributed by atoms with Crippen LogP contribution in [0.5, 0.6) is 5.75 Å². The van der Waals surface area contributed by atoms with Gasteiger partial charge < -0.3 is 15.0 Å². The zero-order valence-corrected chi connectivity index (χ0v) is 15.0. The van der Waals surface area contributed by atoms with E-state index in [2.05, 4.69) is 61.3 Å². The van der Waals surface area contributed by atoms with Gasteiger partial charge >= 0.3 is 0 Å². The predicted octanol–water partition coefficient (Wildman–Crippen LogP) is 4.86. The van der Waals surface area contributed by atoms with Gasteiger partial charge in [0.25, 0.3) is 0 Å². The minimum absolute atomic E-state index is 0.103. The summed E-state index contributed by atoms with van der Waals surface area (Å²) in [5.74, 6) is 1.01. The Balaban J connectivity index is 1.51. The molecule has 128 valence electrons. The molecule has 0 aliphatic carbocycles. The Morgan fingerprint density at radius 2 is 1.79 bits per heavy atom. The van der Waals surface area contributed by atoms with Gasteiger partial charge in [-0.25, -0.2) is 0 Å². The van der Waals surface area contributed by atoms with Gasteiger partial charge in [-0.05, 0) is 57.4 Å². The zero-order valence-electron chi connectivity index (χ0n) is 15.0. The first-order valence-corrected chi connectivity index (χ1v) is 8.86. The number of hydrogen-bond acceptors (Lipinski definition) is 3. The molecule has 1 heterocycles. The van der Waals surface area contributed by atoms with Gasteiger partial charge in [0.15, 0.2) is 0 Å². The third-order valence-corrected chi connectivity index (χ3v) is 4.48. The standard InChI is InChI=1S/C21H28N2O/c1-17-10-4-7-13-20(17)24-15-9-8-14-23-16-21(2,3)22-18-11-5-6-12-19(18)23/h4-7,10-13,22H,8-9,14-16H2,1-3H3. The van der Waals surface area contributed by atoms with Gasteiger partial charge in [0.1, 0.15) is 5.75 Å². The lowest BCUT2D eigenvalue weighted by Gasteiger charge is -2.42. The van der Waals surface area contributed by atoms with E-state index in [-0.39, 0.29) is 5.54 Å². The SMILES string of the molecule is Cc1ccccc1OCCCCN1CC(C)(C)Nc2ccccc21. The van der Waals surface area contributed by atoms with Crippen molar-refractivity contribution in [2.75, 3.05) is 29.9 Å². The number of aryl methyl sites for hydroxylation is 1. The molecule has 2 aromatic rings. The van der Waals surface area contributed by atoms with Crippen LogP contribution >= 0.6 is 0 Å². The maximum atomic E-state index is 5.91. The van der Waals surface area contributed by atoms with Crippen LogP contribution in [0.2, 0.25) is 0 Å². The topological polar surface area (TPSA) is 24.5 Å². The lowest BCUT2D eigenvalue weighted by molar-refractivity contribution is 0.305. The van der Waals surface area contributed by atoms with Gasteiger partial charge in [-0.3, -0.25) is 0 Å². The number of anilines is 2. The van der Waals surface area contributed by atoms with E-state index >= 15 is 0 Å². The number of nitrogens with zero attached hydrogens (tertiary/aromatic N) is 1. The second-order valence-corrected chi connectivity index (χ2v) is 7.27. The number of rotatable bonds is 6. The Bertz CT molecular complexity index is 681. The lowest BCUT2D eigenvalue weighted by atomic mass is 9.99. The quantitative estimate of drug-likeness (QED) is 0.768. The second kappa shape index (κ2) is 7.16. The maximum Gasteiger partial charge on any atom is 0.122 e. The summed E-state index contributed by atoms with van der Waals surface area (Å²) in [4.78, 5) is 2.50. The van der Waals surface area contributed by atoms with E-state index in [1.165, 1.54) is 16.9 Å². The lowest BCUT2D eigenvalue weighted by Crippen LogP contribution is -2.48. The van der Waals surface area contributed by atoms with E-state index in [0.717, 1.165) is 38.3 Å². The molecule has 1 N–H and O–H groups in total. The molecule has 2 aromatic carbocycles.